The van der Waals surface area contributed by atoms with Crippen LogP contribution in [-0.2, 0) is 45.2 Å². The molecule has 0 aromatic carbocycles. The standard InChI is InChI=1S/C48H68N6O6/c1-31(2)34-14-19-48(30-59-39(55)28-53-22-8-10-32(26-53)24-51-42(49)57)21-20-46(6)35(41(34)48)12-13-37-45(5)17-16-38(44(3,4)36(45)15-18-47(37,46)7)60-40(56)29-54-23-9-11-33(27-54)25-52-43(50)58/h8-11,22-23,26-27,34-38,41H,1,12-21,24-25,28-30H2,2-7H3,(H4-2,49,50,51,52,57,58)/t34?,35?,36?,37?,38-,41?,45-,46+,47+,48?/m0/s1. The smallest absolute Gasteiger partial charge is 0.372 e. The minimum atomic E-state index is -0.712. The zero-order valence-corrected chi connectivity index (χ0v) is 36.8. The number of fused-ring (bicyclic) bond motifs is 7. The Hall–Kier alpha value is -4.48. The fourth-order valence-corrected chi connectivity index (χ4v) is 14.4. The van der Waals surface area contributed by atoms with E-state index in [1.54, 1.807) is 9.13 Å². The van der Waals surface area contributed by atoms with Gasteiger partial charge < -0.3 is 31.2 Å². The van der Waals surface area contributed by atoms with Gasteiger partial charge in [0, 0.05) is 46.1 Å². The summed E-state index contributed by atoms with van der Waals surface area (Å²) >= 11 is 0. The zero-order chi connectivity index (χ0) is 43.3. The topological polar surface area (TPSA) is 183 Å². The average Bonchev–Trinajstić information content (AvgIpc) is 3.57. The van der Waals surface area contributed by atoms with Gasteiger partial charge in [-0.3, -0.25) is 9.98 Å². The molecule has 5 aliphatic rings. The Morgan fingerprint density at radius 1 is 0.783 bits per heavy atom. The molecule has 4 N–H and O–H groups in total. The number of aliphatic imine (C=N–C) groups is 2. The Labute approximate surface area is 356 Å². The molecule has 326 valence electrons. The first-order chi connectivity index (χ1) is 28.3. The third-order valence-electron chi connectivity index (χ3n) is 17.3. The van der Waals surface area contributed by atoms with Gasteiger partial charge in [-0.25, -0.2) is 9.59 Å². The van der Waals surface area contributed by atoms with E-state index in [1.165, 1.54) is 18.4 Å². The van der Waals surface area contributed by atoms with Crippen LogP contribution in [0.1, 0.15) is 117 Å². The van der Waals surface area contributed by atoms with E-state index >= 15 is 0 Å². The van der Waals surface area contributed by atoms with Crippen LogP contribution in [0.25, 0.3) is 0 Å². The van der Waals surface area contributed by atoms with Gasteiger partial charge in [-0.1, -0.05) is 46.8 Å². The predicted molar refractivity (Wildman–Crippen MR) is 224 cm³/mol. The van der Waals surface area contributed by atoms with Crippen LogP contribution in [0.3, 0.4) is 0 Å². The third kappa shape index (κ3) is 7.92. The van der Waals surface area contributed by atoms with E-state index in [1.807, 2.05) is 49.1 Å². The number of ether oxygens (including phenoxy) is 2. The summed E-state index contributed by atoms with van der Waals surface area (Å²) in [5, 5.41) is 22.3. The highest BCUT2D eigenvalue weighted by Crippen LogP contribution is 2.77. The minimum Gasteiger partial charge on any atom is -0.847 e. The number of nitrogens with zero attached hydrogens (tertiary/aromatic N) is 4. The molecule has 5 saturated carbocycles. The van der Waals surface area contributed by atoms with Crippen LogP contribution < -0.4 is 30.8 Å². The number of hydrogen-bond donors (Lipinski definition) is 2. The summed E-state index contributed by atoms with van der Waals surface area (Å²) in [4.78, 5) is 34.5. The van der Waals surface area contributed by atoms with E-state index in [0.717, 1.165) is 62.5 Å². The monoisotopic (exact) mass is 825 g/mol. The quantitative estimate of drug-likeness (QED) is 0.104. The lowest BCUT2D eigenvalue weighted by Gasteiger charge is -2.73. The lowest BCUT2D eigenvalue weighted by Crippen LogP contribution is -2.67. The molecule has 12 nitrogen and oxygen atoms in total. The number of pyridine rings is 2. The third-order valence-corrected chi connectivity index (χ3v) is 17.3. The van der Waals surface area contributed by atoms with Crippen molar-refractivity contribution in [1.29, 1.82) is 0 Å². The number of carbonyl (C=O) groups is 2. The van der Waals surface area contributed by atoms with Gasteiger partial charge in [0.05, 0.1) is 19.7 Å². The second kappa shape index (κ2) is 16.4. The summed E-state index contributed by atoms with van der Waals surface area (Å²) in [5.74, 6) is 1.82. The highest BCUT2D eigenvalue weighted by Gasteiger charge is 2.71. The molecule has 2 aromatic heterocycles. The van der Waals surface area contributed by atoms with E-state index in [4.69, 9.17) is 20.9 Å². The molecule has 0 bridgehead atoms. The molecule has 5 fully saturated rings. The lowest BCUT2D eigenvalue weighted by molar-refractivity contribution is -0.686. The number of rotatable bonds is 12. The fraction of sp³-hybridized carbons (Fsp3) is 0.667. The SMILES string of the molecule is C=C(C)C1CCC2(COC(=O)C[n+]3cccc(CN=C(N)[O-])c3)CC[C@]3(C)C(CCC4[C@@]5(C)CC[C@H](OC(=O)C[n+]6cccc(CN=C(N)[O-])c6)C(C)(C)C5CC[C@]43C)C12. The molecule has 2 heterocycles. The van der Waals surface area contributed by atoms with Crippen molar-refractivity contribution < 1.29 is 38.4 Å². The van der Waals surface area contributed by atoms with Crippen molar-refractivity contribution in [3.05, 3.63) is 72.3 Å². The first kappa shape index (κ1) is 43.6. The molecule has 0 aliphatic heterocycles. The van der Waals surface area contributed by atoms with Crippen LogP contribution in [0.5, 0.6) is 0 Å². The Kier molecular flexibility index (Phi) is 11.9. The summed E-state index contributed by atoms with van der Waals surface area (Å²) in [6.07, 6.45) is 18.0. The molecule has 5 aliphatic carbocycles. The van der Waals surface area contributed by atoms with E-state index < -0.39 is 12.0 Å². The van der Waals surface area contributed by atoms with Gasteiger partial charge in [0.2, 0.25) is 13.1 Å². The fourth-order valence-electron chi connectivity index (χ4n) is 14.4. The zero-order valence-electron chi connectivity index (χ0n) is 36.8. The predicted octanol–water partition coefficient (Wildman–Crippen LogP) is 4.42. The van der Waals surface area contributed by atoms with Crippen molar-refractivity contribution in [2.24, 2.45) is 78.1 Å². The molecule has 0 radical (unpaired) electrons. The maximum Gasteiger partial charge on any atom is 0.372 e. The number of hydrogen-bond acceptors (Lipinski definition) is 8. The normalized spacial score (nSPS) is 35.9. The Bertz CT molecular complexity index is 2030. The van der Waals surface area contributed by atoms with Crippen LogP contribution in [0.2, 0.25) is 0 Å². The van der Waals surface area contributed by atoms with E-state index in [-0.39, 0.29) is 71.3 Å². The van der Waals surface area contributed by atoms with E-state index in [2.05, 4.69) is 58.1 Å². The summed E-state index contributed by atoms with van der Waals surface area (Å²) < 4.78 is 16.2. The molecule has 60 heavy (non-hydrogen) atoms. The first-order valence-electron chi connectivity index (χ1n) is 22.2. The lowest BCUT2D eigenvalue weighted by atomic mass is 9.32. The minimum absolute atomic E-state index is 0.0665. The molecule has 0 spiro atoms. The largest absolute Gasteiger partial charge is 0.847 e. The van der Waals surface area contributed by atoms with Crippen molar-refractivity contribution in [3.8, 4) is 0 Å². The molecule has 2 aromatic rings. The van der Waals surface area contributed by atoms with Crippen molar-refractivity contribution >= 4 is 24.0 Å². The van der Waals surface area contributed by atoms with Crippen LogP contribution >= 0.6 is 0 Å². The van der Waals surface area contributed by atoms with Crippen LogP contribution in [-0.4, -0.2) is 36.7 Å². The molecular weight excluding hydrogens is 757 g/mol. The number of carbonyl (C=O) groups excluding carboxylic acids is 2. The van der Waals surface area contributed by atoms with Gasteiger partial charge in [-0.05, 0) is 129 Å². The van der Waals surface area contributed by atoms with E-state index in [0.29, 0.717) is 36.2 Å². The molecule has 0 amide bonds. The number of nitrogens with two attached hydrogens (primary N) is 2. The maximum absolute atomic E-state index is 13.5. The summed E-state index contributed by atoms with van der Waals surface area (Å²) in [6.45, 7) is 20.2. The maximum atomic E-state index is 13.5. The van der Waals surface area contributed by atoms with Crippen molar-refractivity contribution in [1.82, 2.24) is 0 Å². The second-order valence-electron chi connectivity index (χ2n) is 20.6. The first-order valence-corrected chi connectivity index (χ1v) is 22.2. The molecule has 12 heteroatoms. The summed E-state index contributed by atoms with van der Waals surface area (Å²) in [5.41, 5.74) is 13.4. The van der Waals surface area contributed by atoms with Gasteiger partial charge in [0.15, 0.2) is 24.8 Å². The number of allylic oxidation sites excluding steroid dienone is 1. The molecule has 7 rings (SSSR count). The Morgan fingerprint density at radius 3 is 2.00 bits per heavy atom. The molecular formula is C48H68N6O6. The van der Waals surface area contributed by atoms with Gasteiger partial charge in [0.25, 0.3) is 0 Å². The van der Waals surface area contributed by atoms with Gasteiger partial charge >= 0.3 is 11.9 Å². The van der Waals surface area contributed by atoms with Crippen LogP contribution in [0, 0.1) is 56.7 Å². The number of esters is 2. The Morgan fingerprint density at radius 2 is 1.40 bits per heavy atom. The second-order valence-corrected chi connectivity index (χ2v) is 20.6. The number of amidine groups is 2. The van der Waals surface area contributed by atoms with Gasteiger partial charge in [-0.15, -0.1) is 0 Å². The molecule has 10 atom stereocenters. The summed E-state index contributed by atoms with van der Waals surface area (Å²) in [6, 6.07) is 5.97. The highest BCUT2D eigenvalue weighted by molar-refractivity contribution is 5.68. The molecule has 6 unspecified atom stereocenters. The highest BCUT2D eigenvalue weighted by atomic mass is 16.5. The Balaban J connectivity index is 1.05. The van der Waals surface area contributed by atoms with Crippen molar-refractivity contribution in [2.45, 2.75) is 138 Å². The number of aromatic nitrogens is 2. The average molecular weight is 825 g/mol. The van der Waals surface area contributed by atoms with Crippen LogP contribution in [0.4, 0.5) is 0 Å². The van der Waals surface area contributed by atoms with Crippen LogP contribution in [0.15, 0.2) is 71.2 Å². The van der Waals surface area contributed by atoms with Crippen molar-refractivity contribution in [3.63, 3.8) is 0 Å². The van der Waals surface area contributed by atoms with Gasteiger partial charge in [0.1, 0.15) is 6.10 Å². The summed E-state index contributed by atoms with van der Waals surface area (Å²) in [7, 11) is 0. The van der Waals surface area contributed by atoms with E-state index in [9.17, 15) is 19.8 Å². The molecule has 0 saturated heterocycles. The van der Waals surface area contributed by atoms with Gasteiger partial charge in [-0.2, -0.15) is 9.13 Å². The van der Waals surface area contributed by atoms with Crippen molar-refractivity contribution in [2.75, 3.05) is 6.61 Å².